The van der Waals surface area contributed by atoms with Crippen LogP contribution in [0.2, 0.25) is 0 Å². The number of methoxy groups -OCH3 is 2. The van der Waals surface area contributed by atoms with E-state index in [0.29, 0.717) is 5.82 Å². The summed E-state index contributed by atoms with van der Waals surface area (Å²) in [5.41, 5.74) is 5.58. The average molecular weight is 472 g/mol. The summed E-state index contributed by atoms with van der Waals surface area (Å²) < 4.78 is 27.6. The van der Waals surface area contributed by atoms with Crippen molar-refractivity contribution in [1.29, 1.82) is 0 Å². The molecule has 0 saturated heterocycles. The molecular formula is C25H21FN6O3. The molecule has 4 heterocycles. The third-order valence-corrected chi connectivity index (χ3v) is 5.62. The Balaban J connectivity index is 1.56. The predicted octanol–water partition coefficient (Wildman–Crippen LogP) is 4.79. The highest BCUT2D eigenvalue weighted by Crippen LogP contribution is 2.34. The van der Waals surface area contributed by atoms with E-state index in [9.17, 15) is 9.18 Å². The number of nitrogens with one attached hydrogen (secondary N) is 1. The van der Waals surface area contributed by atoms with Crippen LogP contribution in [0.1, 0.15) is 0 Å². The Morgan fingerprint density at radius 1 is 0.971 bits per heavy atom. The fourth-order valence-electron chi connectivity index (χ4n) is 3.90. The number of pyridine rings is 2. The molecule has 0 unspecified atom stereocenters. The summed E-state index contributed by atoms with van der Waals surface area (Å²) in [6, 6.07) is 12.1. The molecule has 4 aromatic heterocycles. The number of rotatable bonds is 5. The SMILES string of the molecule is COC(=O)Nc1ccc(-c2cnc3ccc(-c4ncn(C)c4-c4ccc(F)c(OC)c4)cn23)cn1. The topological polar surface area (TPSA) is 95.6 Å². The maximum atomic E-state index is 14.0. The molecule has 5 rings (SSSR count). The summed E-state index contributed by atoms with van der Waals surface area (Å²) in [7, 11) is 4.62. The van der Waals surface area contributed by atoms with Crippen LogP contribution in [0, 0.1) is 5.82 Å². The molecule has 35 heavy (non-hydrogen) atoms. The van der Waals surface area contributed by atoms with Gasteiger partial charge in [0.05, 0.1) is 43.8 Å². The lowest BCUT2D eigenvalue weighted by Crippen LogP contribution is -2.11. The molecule has 0 spiro atoms. The summed E-state index contributed by atoms with van der Waals surface area (Å²) in [4.78, 5) is 24.8. The highest BCUT2D eigenvalue weighted by molar-refractivity contribution is 5.83. The van der Waals surface area contributed by atoms with E-state index in [-0.39, 0.29) is 5.75 Å². The minimum Gasteiger partial charge on any atom is -0.494 e. The van der Waals surface area contributed by atoms with Gasteiger partial charge in [0.25, 0.3) is 0 Å². The number of benzene rings is 1. The summed E-state index contributed by atoms with van der Waals surface area (Å²) in [5, 5.41) is 2.53. The highest BCUT2D eigenvalue weighted by Gasteiger charge is 2.17. The maximum Gasteiger partial charge on any atom is 0.412 e. The van der Waals surface area contributed by atoms with Gasteiger partial charge in [0.15, 0.2) is 11.6 Å². The van der Waals surface area contributed by atoms with Crippen molar-refractivity contribution in [3.05, 3.63) is 73.2 Å². The van der Waals surface area contributed by atoms with E-state index in [2.05, 4.69) is 25.0 Å². The number of carbonyl (C=O) groups is 1. The van der Waals surface area contributed by atoms with Crippen LogP contribution in [-0.2, 0) is 11.8 Å². The lowest BCUT2D eigenvalue weighted by molar-refractivity contribution is 0.187. The first kappa shape index (κ1) is 22.1. The largest absolute Gasteiger partial charge is 0.494 e. The zero-order chi connectivity index (χ0) is 24.5. The van der Waals surface area contributed by atoms with Gasteiger partial charge in [0, 0.05) is 36.1 Å². The number of anilines is 1. The number of aryl methyl sites for hydroxylation is 1. The molecule has 1 N–H and O–H groups in total. The summed E-state index contributed by atoms with van der Waals surface area (Å²) in [6.45, 7) is 0. The van der Waals surface area contributed by atoms with Crippen LogP contribution in [-0.4, -0.2) is 44.2 Å². The van der Waals surface area contributed by atoms with Crippen molar-refractivity contribution in [2.24, 2.45) is 7.05 Å². The molecular weight excluding hydrogens is 451 g/mol. The first-order valence-corrected chi connectivity index (χ1v) is 10.6. The second kappa shape index (κ2) is 8.90. The van der Waals surface area contributed by atoms with Gasteiger partial charge in [-0.25, -0.2) is 24.1 Å². The van der Waals surface area contributed by atoms with Crippen LogP contribution in [0.4, 0.5) is 15.0 Å². The van der Waals surface area contributed by atoms with E-state index in [1.807, 2.05) is 40.4 Å². The summed E-state index contributed by atoms with van der Waals surface area (Å²) in [6.07, 6.45) is 6.49. The average Bonchev–Trinajstić information content (AvgIpc) is 3.48. The van der Waals surface area contributed by atoms with Gasteiger partial charge >= 0.3 is 6.09 Å². The van der Waals surface area contributed by atoms with E-state index in [4.69, 9.17) is 4.74 Å². The molecule has 0 aliphatic carbocycles. The molecule has 9 nitrogen and oxygen atoms in total. The fraction of sp³-hybridized carbons (Fsp3) is 0.120. The molecule has 10 heteroatoms. The lowest BCUT2D eigenvalue weighted by atomic mass is 10.1. The van der Waals surface area contributed by atoms with Gasteiger partial charge in [-0.2, -0.15) is 0 Å². The van der Waals surface area contributed by atoms with E-state index < -0.39 is 11.9 Å². The van der Waals surface area contributed by atoms with E-state index in [1.54, 1.807) is 36.9 Å². The van der Waals surface area contributed by atoms with Crippen LogP contribution in [0.3, 0.4) is 0 Å². The van der Waals surface area contributed by atoms with Crippen LogP contribution in [0.15, 0.2) is 67.4 Å². The van der Waals surface area contributed by atoms with Crippen molar-refractivity contribution in [3.8, 4) is 39.5 Å². The molecule has 1 amide bonds. The van der Waals surface area contributed by atoms with Gasteiger partial charge < -0.3 is 14.0 Å². The number of fused-ring (bicyclic) bond motifs is 1. The molecule has 5 aromatic rings. The van der Waals surface area contributed by atoms with Gasteiger partial charge in [0.1, 0.15) is 11.5 Å². The quantitative estimate of drug-likeness (QED) is 0.395. The zero-order valence-corrected chi connectivity index (χ0v) is 19.2. The smallest absolute Gasteiger partial charge is 0.412 e. The molecule has 0 radical (unpaired) electrons. The first-order valence-electron chi connectivity index (χ1n) is 10.6. The molecule has 0 aliphatic heterocycles. The Bertz CT molecular complexity index is 1540. The lowest BCUT2D eigenvalue weighted by Gasteiger charge is -2.10. The number of imidazole rings is 2. The minimum atomic E-state index is -0.588. The number of aromatic nitrogens is 5. The Labute approximate surface area is 199 Å². The summed E-state index contributed by atoms with van der Waals surface area (Å²) in [5.74, 6) is 0.119. The van der Waals surface area contributed by atoms with E-state index in [1.165, 1.54) is 20.3 Å². The van der Waals surface area contributed by atoms with Gasteiger partial charge in [0.2, 0.25) is 0 Å². The second-order valence-corrected chi connectivity index (χ2v) is 7.74. The Hall–Kier alpha value is -4.73. The fourth-order valence-corrected chi connectivity index (χ4v) is 3.90. The van der Waals surface area contributed by atoms with Gasteiger partial charge in [-0.05, 0) is 42.5 Å². The number of ether oxygens (including phenoxy) is 2. The van der Waals surface area contributed by atoms with Crippen LogP contribution in [0.25, 0.3) is 39.4 Å². The van der Waals surface area contributed by atoms with Crippen molar-refractivity contribution in [3.63, 3.8) is 0 Å². The number of halogens is 1. The van der Waals surface area contributed by atoms with Crippen molar-refractivity contribution >= 4 is 17.6 Å². The van der Waals surface area contributed by atoms with Crippen molar-refractivity contribution < 1.29 is 18.7 Å². The monoisotopic (exact) mass is 472 g/mol. The Morgan fingerprint density at radius 2 is 1.77 bits per heavy atom. The minimum absolute atomic E-state index is 0.166. The standard InChI is InChI=1S/C25H21FN6O3/c1-31-14-29-23(24(31)15-4-7-18(26)20(10-15)34-2)17-6-9-22-28-12-19(32(22)13-17)16-5-8-21(27-11-16)30-25(33)35-3/h4-14H,1-3H3,(H,27,30,33). The van der Waals surface area contributed by atoms with E-state index >= 15 is 0 Å². The van der Waals surface area contributed by atoms with Crippen LogP contribution >= 0.6 is 0 Å². The Kier molecular flexibility index (Phi) is 5.61. The number of hydrogen-bond acceptors (Lipinski definition) is 6. The number of carbonyl (C=O) groups excluding carboxylic acids is 1. The molecule has 0 bridgehead atoms. The van der Waals surface area contributed by atoms with Gasteiger partial charge in [-0.15, -0.1) is 0 Å². The number of amides is 1. The number of nitrogens with zero attached hydrogens (tertiary/aromatic N) is 5. The Morgan fingerprint density at radius 3 is 2.51 bits per heavy atom. The molecule has 0 saturated carbocycles. The summed E-state index contributed by atoms with van der Waals surface area (Å²) >= 11 is 0. The molecule has 1 aromatic carbocycles. The van der Waals surface area contributed by atoms with Crippen LogP contribution < -0.4 is 10.1 Å². The van der Waals surface area contributed by atoms with Gasteiger partial charge in [-0.1, -0.05) is 0 Å². The molecule has 0 fully saturated rings. The van der Waals surface area contributed by atoms with Gasteiger partial charge in [-0.3, -0.25) is 9.72 Å². The van der Waals surface area contributed by atoms with Crippen molar-refractivity contribution in [1.82, 2.24) is 23.9 Å². The molecule has 0 aliphatic rings. The van der Waals surface area contributed by atoms with Crippen molar-refractivity contribution in [2.75, 3.05) is 19.5 Å². The first-order chi connectivity index (χ1) is 17.0. The van der Waals surface area contributed by atoms with Crippen LogP contribution in [0.5, 0.6) is 5.75 Å². The highest BCUT2D eigenvalue weighted by atomic mass is 19.1. The zero-order valence-electron chi connectivity index (χ0n) is 19.2. The second-order valence-electron chi connectivity index (χ2n) is 7.74. The third kappa shape index (κ3) is 4.05. The predicted molar refractivity (Wildman–Crippen MR) is 129 cm³/mol. The molecule has 176 valence electrons. The van der Waals surface area contributed by atoms with Crippen molar-refractivity contribution in [2.45, 2.75) is 0 Å². The number of hydrogen-bond donors (Lipinski definition) is 1. The maximum absolute atomic E-state index is 14.0. The third-order valence-electron chi connectivity index (χ3n) is 5.62. The normalized spacial score (nSPS) is 11.0. The molecule has 0 atom stereocenters. The van der Waals surface area contributed by atoms with E-state index in [0.717, 1.165) is 39.4 Å².